The minimum Gasteiger partial charge on any atom is -0.465 e. The Hall–Kier alpha value is -4.03. The molecule has 4 rings (SSSR count). The molecular weight excluding hydrogens is 511 g/mol. The molecule has 0 bridgehead atoms. The molecule has 212 valence electrons. The number of carbonyl (C=O) groups is 4. The van der Waals surface area contributed by atoms with Crippen LogP contribution in [0.2, 0.25) is 0 Å². The van der Waals surface area contributed by atoms with E-state index in [1.807, 2.05) is 0 Å². The van der Waals surface area contributed by atoms with Gasteiger partial charge in [0.2, 0.25) is 5.91 Å². The number of amides is 3. The number of halogens is 1. The van der Waals surface area contributed by atoms with E-state index >= 15 is 0 Å². The fourth-order valence-electron chi connectivity index (χ4n) is 3.90. The molecule has 0 spiro atoms. The van der Waals surface area contributed by atoms with Gasteiger partial charge in [0, 0.05) is 42.6 Å². The Morgan fingerprint density at radius 2 is 1.82 bits per heavy atom. The number of rotatable bonds is 9. The second-order valence-corrected chi connectivity index (χ2v) is 8.76. The van der Waals surface area contributed by atoms with Gasteiger partial charge < -0.3 is 29.7 Å². The molecule has 0 saturated carbocycles. The molecule has 2 aliphatic heterocycles. The van der Waals surface area contributed by atoms with Crippen LogP contribution in [-0.4, -0.2) is 86.3 Å². The number of carboxylic acid groups (broad SMARTS) is 1. The number of imide groups is 1. The first-order chi connectivity index (χ1) is 18.8. The Bertz CT molecular complexity index is 1110. The van der Waals surface area contributed by atoms with E-state index in [2.05, 4.69) is 26.7 Å². The van der Waals surface area contributed by atoms with E-state index in [1.165, 1.54) is 36.9 Å². The molecule has 0 aliphatic carbocycles. The van der Waals surface area contributed by atoms with Crippen LogP contribution in [-0.2, 0) is 32.2 Å². The standard InChI is InChI=1S/C18H16FN3O4.C5H11N.C4H8O3/c19-14-6-2-1-4-11(14)8-20-15-7-3-5-12-13(15)9-22(17(12)24)10-16(23)21-18(25)26;1-6-4-2-3-5-6;1-6-2-3-7-4-5/h1-7,20H,8-10H2,(H,21,23)(H,25,26);2-5H2,1H3;4H,2-3H2,1H3. The maximum Gasteiger partial charge on any atom is 0.411 e. The van der Waals surface area contributed by atoms with Crippen molar-refractivity contribution in [3.63, 3.8) is 0 Å². The quantitative estimate of drug-likeness (QED) is 0.320. The number of fused-ring (bicyclic) bond motifs is 1. The van der Waals surface area contributed by atoms with Gasteiger partial charge in [-0.25, -0.2) is 9.18 Å². The van der Waals surface area contributed by atoms with Crippen molar-refractivity contribution in [1.82, 2.24) is 15.1 Å². The number of methoxy groups -OCH3 is 1. The molecule has 12 heteroatoms. The predicted molar refractivity (Wildman–Crippen MR) is 142 cm³/mol. The zero-order chi connectivity index (χ0) is 28.6. The topological polar surface area (TPSA) is 138 Å². The average Bonchev–Trinajstić information content (AvgIpc) is 3.51. The summed E-state index contributed by atoms with van der Waals surface area (Å²) in [5.74, 6) is -1.45. The molecule has 0 unspecified atom stereocenters. The first-order valence-corrected chi connectivity index (χ1v) is 12.4. The lowest BCUT2D eigenvalue weighted by atomic mass is 10.1. The summed E-state index contributed by atoms with van der Waals surface area (Å²) in [6.07, 6.45) is 1.36. The number of anilines is 1. The van der Waals surface area contributed by atoms with Crippen molar-refractivity contribution in [2.75, 3.05) is 52.3 Å². The number of likely N-dealkylation sites (tertiary alicyclic amines) is 1. The van der Waals surface area contributed by atoms with Gasteiger partial charge in [-0.1, -0.05) is 24.3 Å². The van der Waals surface area contributed by atoms with E-state index in [4.69, 9.17) is 5.11 Å². The molecular formula is C27H35FN4O7. The van der Waals surface area contributed by atoms with Crippen molar-refractivity contribution in [2.45, 2.75) is 25.9 Å². The van der Waals surface area contributed by atoms with Crippen molar-refractivity contribution in [3.8, 4) is 0 Å². The Morgan fingerprint density at radius 1 is 1.10 bits per heavy atom. The summed E-state index contributed by atoms with van der Waals surface area (Å²) in [5, 5.41) is 13.4. The number of nitrogens with one attached hydrogen (secondary N) is 2. The largest absolute Gasteiger partial charge is 0.465 e. The summed E-state index contributed by atoms with van der Waals surface area (Å²) in [6, 6.07) is 11.5. The van der Waals surface area contributed by atoms with E-state index in [1.54, 1.807) is 48.8 Å². The minimum absolute atomic E-state index is 0.168. The Kier molecular flexibility index (Phi) is 13.4. The van der Waals surface area contributed by atoms with Gasteiger partial charge >= 0.3 is 6.09 Å². The fourth-order valence-corrected chi connectivity index (χ4v) is 3.90. The van der Waals surface area contributed by atoms with E-state index in [0.717, 1.165) is 0 Å². The van der Waals surface area contributed by atoms with Crippen LogP contribution in [0.15, 0.2) is 42.5 Å². The first-order valence-electron chi connectivity index (χ1n) is 12.4. The monoisotopic (exact) mass is 546 g/mol. The van der Waals surface area contributed by atoms with Gasteiger partial charge in [0.15, 0.2) is 0 Å². The Morgan fingerprint density at radius 3 is 2.41 bits per heavy atom. The predicted octanol–water partition coefficient (Wildman–Crippen LogP) is 2.71. The lowest BCUT2D eigenvalue weighted by molar-refractivity contribution is -0.129. The van der Waals surface area contributed by atoms with Crippen molar-refractivity contribution in [3.05, 3.63) is 65.0 Å². The van der Waals surface area contributed by atoms with Gasteiger partial charge in [-0.2, -0.15) is 0 Å². The maximum atomic E-state index is 13.7. The summed E-state index contributed by atoms with van der Waals surface area (Å²) >= 11 is 0. The van der Waals surface area contributed by atoms with E-state index < -0.39 is 12.0 Å². The third kappa shape index (κ3) is 10.7. The SMILES string of the molecule is CN1CCCC1.COCCOC=O.O=C(O)NC(=O)CN1Cc2c(NCc3ccccc3F)cccc2C1=O. The number of benzene rings is 2. The molecule has 0 aromatic heterocycles. The average molecular weight is 547 g/mol. The van der Waals surface area contributed by atoms with E-state index in [9.17, 15) is 23.6 Å². The molecule has 2 aromatic carbocycles. The summed E-state index contributed by atoms with van der Waals surface area (Å²) in [4.78, 5) is 47.5. The lowest BCUT2D eigenvalue weighted by Gasteiger charge is -2.14. The van der Waals surface area contributed by atoms with Crippen LogP contribution < -0.4 is 10.6 Å². The molecule has 39 heavy (non-hydrogen) atoms. The number of carbonyl (C=O) groups excluding carboxylic acids is 3. The third-order valence-electron chi connectivity index (χ3n) is 5.85. The number of nitrogens with zero attached hydrogens (tertiary/aromatic N) is 2. The second kappa shape index (κ2) is 16.7. The highest BCUT2D eigenvalue weighted by molar-refractivity contribution is 6.02. The maximum absolute atomic E-state index is 13.7. The van der Waals surface area contributed by atoms with Crippen molar-refractivity contribution in [1.29, 1.82) is 0 Å². The van der Waals surface area contributed by atoms with Gasteiger partial charge in [0.1, 0.15) is 19.0 Å². The zero-order valence-corrected chi connectivity index (χ0v) is 22.2. The summed E-state index contributed by atoms with van der Waals surface area (Å²) in [6.45, 7) is 3.92. The summed E-state index contributed by atoms with van der Waals surface area (Å²) in [7, 11) is 3.72. The van der Waals surface area contributed by atoms with Gasteiger partial charge in [-0.15, -0.1) is 0 Å². The molecule has 2 aromatic rings. The molecule has 3 amide bonds. The van der Waals surface area contributed by atoms with Crippen molar-refractivity contribution < 1.29 is 38.1 Å². The number of ether oxygens (including phenoxy) is 2. The first kappa shape index (κ1) is 31.2. The van der Waals surface area contributed by atoms with E-state index in [-0.39, 0.29) is 31.4 Å². The summed E-state index contributed by atoms with van der Waals surface area (Å²) < 4.78 is 22.6. The molecule has 1 fully saturated rings. The minimum atomic E-state index is -1.47. The number of hydrogen-bond acceptors (Lipinski definition) is 8. The van der Waals surface area contributed by atoms with Crippen molar-refractivity contribution >= 4 is 30.1 Å². The molecule has 2 heterocycles. The van der Waals surface area contributed by atoms with E-state index in [0.29, 0.717) is 42.1 Å². The fraction of sp³-hybridized carbons (Fsp3) is 0.407. The Labute approximate surface area is 226 Å². The van der Waals surface area contributed by atoms with Gasteiger partial charge in [-0.3, -0.25) is 19.7 Å². The van der Waals surface area contributed by atoms with Crippen LogP contribution in [0.4, 0.5) is 14.9 Å². The van der Waals surface area contributed by atoms with Gasteiger partial charge in [0.25, 0.3) is 12.4 Å². The molecule has 11 nitrogen and oxygen atoms in total. The lowest BCUT2D eigenvalue weighted by Crippen LogP contribution is -2.39. The van der Waals surface area contributed by atoms with Crippen LogP contribution in [0.1, 0.15) is 34.3 Å². The smallest absolute Gasteiger partial charge is 0.411 e. The normalized spacial score (nSPS) is 13.8. The number of hydrogen-bond donors (Lipinski definition) is 3. The highest BCUT2D eigenvalue weighted by Crippen LogP contribution is 2.29. The van der Waals surface area contributed by atoms with Crippen LogP contribution in [0, 0.1) is 5.82 Å². The van der Waals surface area contributed by atoms with Crippen LogP contribution in [0.3, 0.4) is 0 Å². The highest BCUT2D eigenvalue weighted by Gasteiger charge is 2.30. The third-order valence-corrected chi connectivity index (χ3v) is 5.85. The molecule has 0 radical (unpaired) electrons. The summed E-state index contributed by atoms with van der Waals surface area (Å²) in [5.41, 5.74) is 2.29. The molecule has 1 saturated heterocycles. The molecule has 3 N–H and O–H groups in total. The molecule has 0 atom stereocenters. The molecule has 2 aliphatic rings. The zero-order valence-electron chi connectivity index (χ0n) is 22.2. The van der Waals surface area contributed by atoms with Crippen LogP contribution >= 0.6 is 0 Å². The van der Waals surface area contributed by atoms with Gasteiger partial charge in [0.05, 0.1) is 6.61 Å². The van der Waals surface area contributed by atoms with Gasteiger partial charge in [-0.05, 0) is 51.2 Å². The van der Waals surface area contributed by atoms with Crippen LogP contribution in [0.25, 0.3) is 0 Å². The highest BCUT2D eigenvalue weighted by atomic mass is 19.1. The second-order valence-electron chi connectivity index (χ2n) is 8.76. The Balaban J connectivity index is 0.000000336. The van der Waals surface area contributed by atoms with Crippen LogP contribution in [0.5, 0.6) is 0 Å². The van der Waals surface area contributed by atoms with Crippen molar-refractivity contribution in [2.24, 2.45) is 0 Å².